The van der Waals surface area contributed by atoms with Crippen molar-refractivity contribution in [1.29, 1.82) is 0 Å². The molecule has 0 spiro atoms. The van der Waals surface area contributed by atoms with Crippen LogP contribution in [0, 0.1) is 0 Å². The van der Waals surface area contributed by atoms with Gasteiger partial charge in [-0.25, -0.2) is 0 Å². The standard InChI is InChI=1S/C12H26N2/c1-3-7-12(10-13)14(2)11-8-5-4-6-9-11/h11-12H,3-10,13H2,1-2H3. The summed E-state index contributed by atoms with van der Waals surface area (Å²) < 4.78 is 0. The van der Waals surface area contributed by atoms with Gasteiger partial charge in [0.05, 0.1) is 0 Å². The van der Waals surface area contributed by atoms with Crippen LogP contribution in [-0.2, 0) is 0 Å². The zero-order valence-electron chi connectivity index (χ0n) is 9.84. The maximum atomic E-state index is 5.82. The maximum Gasteiger partial charge on any atom is 0.0218 e. The van der Waals surface area contributed by atoms with Gasteiger partial charge in [-0.05, 0) is 26.3 Å². The molecule has 0 aliphatic heterocycles. The summed E-state index contributed by atoms with van der Waals surface area (Å²) in [4.78, 5) is 2.54. The summed E-state index contributed by atoms with van der Waals surface area (Å²) in [6.45, 7) is 3.07. The monoisotopic (exact) mass is 198 g/mol. The predicted octanol–water partition coefficient (Wildman–Crippen LogP) is 2.38. The average molecular weight is 198 g/mol. The number of rotatable bonds is 5. The van der Waals surface area contributed by atoms with Gasteiger partial charge < -0.3 is 5.73 Å². The molecule has 1 aliphatic carbocycles. The Hall–Kier alpha value is -0.0800. The van der Waals surface area contributed by atoms with Crippen LogP contribution in [-0.4, -0.2) is 30.6 Å². The number of nitrogens with zero attached hydrogens (tertiary/aromatic N) is 1. The Kier molecular flexibility index (Phi) is 5.49. The Balaban J connectivity index is 2.38. The summed E-state index contributed by atoms with van der Waals surface area (Å²) in [6.07, 6.45) is 9.54. The fourth-order valence-corrected chi connectivity index (χ4v) is 2.61. The SMILES string of the molecule is CCCC(CN)N(C)C1CCCCC1. The Bertz CT molecular complexity index is 137. The molecule has 1 aliphatic rings. The van der Waals surface area contributed by atoms with Gasteiger partial charge in [-0.15, -0.1) is 0 Å². The Labute approximate surface area is 88.8 Å². The van der Waals surface area contributed by atoms with Crippen molar-refractivity contribution in [2.45, 2.75) is 64.0 Å². The van der Waals surface area contributed by atoms with Gasteiger partial charge in [0.15, 0.2) is 0 Å². The summed E-state index contributed by atoms with van der Waals surface area (Å²) in [5, 5.41) is 0. The van der Waals surface area contributed by atoms with Crippen LogP contribution in [0.15, 0.2) is 0 Å². The van der Waals surface area contributed by atoms with Crippen LogP contribution < -0.4 is 5.73 Å². The van der Waals surface area contributed by atoms with Gasteiger partial charge in [-0.2, -0.15) is 0 Å². The third kappa shape index (κ3) is 3.25. The molecular weight excluding hydrogens is 172 g/mol. The zero-order chi connectivity index (χ0) is 10.4. The zero-order valence-corrected chi connectivity index (χ0v) is 9.84. The third-order valence-corrected chi connectivity index (χ3v) is 3.62. The van der Waals surface area contributed by atoms with Crippen LogP contribution in [0.2, 0.25) is 0 Å². The quantitative estimate of drug-likeness (QED) is 0.735. The highest BCUT2D eigenvalue weighted by Gasteiger charge is 2.22. The van der Waals surface area contributed by atoms with Gasteiger partial charge in [0.2, 0.25) is 0 Å². The molecular formula is C12H26N2. The first-order valence-corrected chi connectivity index (χ1v) is 6.21. The van der Waals surface area contributed by atoms with Crippen molar-refractivity contribution in [3.8, 4) is 0 Å². The van der Waals surface area contributed by atoms with Crippen LogP contribution in [0.1, 0.15) is 51.9 Å². The number of hydrogen-bond acceptors (Lipinski definition) is 2. The van der Waals surface area contributed by atoms with Crippen molar-refractivity contribution in [1.82, 2.24) is 4.90 Å². The van der Waals surface area contributed by atoms with Gasteiger partial charge in [-0.1, -0.05) is 32.6 Å². The summed E-state index contributed by atoms with van der Waals surface area (Å²) >= 11 is 0. The van der Waals surface area contributed by atoms with E-state index < -0.39 is 0 Å². The lowest BCUT2D eigenvalue weighted by atomic mass is 9.93. The molecule has 2 N–H and O–H groups in total. The van der Waals surface area contributed by atoms with Crippen molar-refractivity contribution in [3.63, 3.8) is 0 Å². The minimum Gasteiger partial charge on any atom is -0.329 e. The van der Waals surface area contributed by atoms with Crippen molar-refractivity contribution < 1.29 is 0 Å². The van der Waals surface area contributed by atoms with E-state index in [2.05, 4.69) is 18.9 Å². The summed E-state index contributed by atoms with van der Waals surface area (Å²) in [5.41, 5.74) is 5.82. The van der Waals surface area contributed by atoms with E-state index in [0.717, 1.165) is 12.6 Å². The minimum atomic E-state index is 0.614. The molecule has 0 radical (unpaired) electrons. The van der Waals surface area contributed by atoms with E-state index in [-0.39, 0.29) is 0 Å². The molecule has 14 heavy (non-hydrogen) atoms. The van der Waals surface area contributed by atoms with Crippen LogP contribution in [0.3, 0.4) is 0 Å². The van der Waals surface area contributed by atoms with Crippen LogP contribution in [0.25, 0.3) is 0 Å². The Morgan fingerprint density at radius 2 is 1.93 bits per heavy atom. The van der Waals surface area contributed by atoms with Gasteiger partial charge >= 0.3 is 0 Å². The fraction of sp³-hybridized carbons (Fsp3) is 1.00. The lowest BCUT2D eigenvalue weighted by Crippen LogP contribution is -2.45. The van der Waals surface area contributed by atoms with E-state index in [4.69, 9.17) is 5.73 Å². The number of nitrogens with two attached hydrogens (primary N) is 1. The molecule has 0 bridgehead atoms. The molecule has 0 aromatic carbocycles. The summed E-state index contributed by atoms with van der Waals surface area (Å²) in [5.74, 6) is 0. The summed E-state index contributed by atoms with van der Waals surface area (Å²) in [7, 11) is 2.27. The molecule has 2 nitrogen and oxygen atoms in total. The Morgan fingerprint density at radius 1 is 1.29 bits per heavy atom. The van der Waals surface area contributed by atoms with Crippen molar-refractivity contribution >= 4 is 0 Å². The van der Waals surface area contributed by atoms with Crippen molar-refractivity contribution in [3.05, 3.63) is 0 Å². The molecule has 0 amide bonds. The van der Waals surface area contributed by atoms with Gasteiger partial charge in [0, 0.05) is 18.6 Å². The lowest BCUT2D eigenvalue weighted by Gasteiger charge is -2.36. The molecule has 0 heterocycles. The van der Waals surface area contributed by atoms with E-state index >= 15 is 0 Å². The molecule has 84 valence electrons. The fourth-order valence-electron chi connectivity index (χ4n) is 2.61. The molecule has 1 rings (SSSR count). The topological polar surface area (TPSA) is 29.3 Å². The molecule has 0 saturated heterocycles. The predicted molar refractivity (Wildman–Crippen MR) is 62.4 cm³/mol. The van der Waals surface area contributed by atoms with Crippen molar-refractivity contribution in [2.75, 3.05) is 13.6 Å². The van der Waals surface area contributed by atoms with E-state index in [9.17, 15) is 0 Å². The first-order valence-electron chi connectivity index (χ1n) is 6.21. The van der Waals surface area contributed by atoms with Crippen LogP contribution in [0.4, 0.5) is 0 Å². The van der Waals surface area contributed by atoms with Gasteiger partial charge in [0.1, 0.15) is 0 Å². The molecule has 0 aromatic heterocycles. The molecule has 1 unspecified atom stereocenters. The molecule has 1 fully saturated rings. The minimum absolute atomic E-state index is 0.614. The van der Waals surface area contributed by atoms with Gasteiger partial charge in [0.25, 0.3) is 0 Å². The van der Waals surface area contributed by atoms with Crippen molar-refractivity contribution in [2.24, 2.45) is 5.73 Å². The normalized spacial score (nSPS) is 21.4. The average Bonchev–Trinajstić information content (AvgIpc) is 2.26. The lowest BCUT2D eigenvalue weighted by molar-refractivity contribution is 0.134. The highest BCUT2D eigenvalue weighted by Crippen LogP contribution is 2.23. The second-order valence-corrected chi connectivity index (χ2v) is 4.64. The van der Waals surface area contributed by atoms with E-state index in [0.29, 0.717) is 6.04 Å². The smallest absolute Gasteiger partial charge is 0.0218 e. The highest BCUT2D eigenvalue weighted by atomic mass is 15.2. The Morgan fingerprint density at radius 3 is 2.43 bits per heavy atom. The van der Waals surface area contributed by atoms with E-state index in [1.54, 1.807) is 0 Å². The third-order valence-electron chi connectivity index (χ3n) is 3.62. The molecule has 0 aromatic rings. The molecule has 2 heteroatoms. The first kappa shape index (κ1) is 12.0. The van der Waals surface area contributed by atoms with E-state index in [1.165, 1.54) is 44.9 Å². The van der Waals surface area contributed by atoms with Crippen LogP contribution >= 0.6 is 0 Å². The number of hydrogen-bond donors (Lipinski definition) is 1. The van der Waals surface area contributed by atoms with Gasteiger partial charge in [-0.3, -0.25) is 4.90 Å². The largest absolute Gasteiger partial charge is 0.329 e. The molecule has 1 atom stereocenters. The first-order chi connectivity index (χ1) is 6.79. The second-order valence-electron chi connectivity index (χ2n) is 4.64. The number of likely N-dealkylation sites (N-methyl/N-ethyl adjacent to an activating group) is 1. The summed E-state index contributed by atoms with van der Waals surface area (Å²) in [6, 6.07) is 1.42. The van der Waals surface area contributed by atoms with E-state index in [1.807, 2.05) is 0 Å². The second kappa shape index (κ2) is 6.41. The highest BCUT2D eigenvalue weighted by molar-refractivity contribution is 4.79. The molecule has 1 saturated carbocycles. The maximum absolute atomic E-state index is 5.82. The van der Waals surface area contributed by atoms with Crippen LogP contribution in [0.5, 0.6) is 0 Å².